The van der Waals surface area contributed by atoms with Crippen LogP contribution in [0.2, 0.25) is 5.02 Å². The highest BCUT2D eigenvalue weighted by molar-refractivity contribution is 7.99. The van der Waals surface area contributed by atoms with E-state index in [2.05, 4.69) is 15.5 Å². The minimum atomic E-state index is -0.232. The molecule has 3 aromatic rings. The molecule has 0 radical (unpaired) electrons. The zero-order valence-corrected chi connectivity index (χ0v) is 13.8. The molecule has 0 bridgehead atoms. The Labute approximate surface area is 142 Å². The number of aryl methyl sites for hydroxylation is 1. The second-order valence-electron chi connectivity index (χ2n) is 4.78. The van der Waals surface area contributed by atoms with Crippen molar-refractivity contribution in [2.24, 2.45) is 7.05 Å². The Balaban J connectivity index is 1.69. The minimum absolute atomic E-state index is 0.232. The molecule has 0 fully saturated rings. The predicted octanol–water partition coefficient (Wildman–Crippen LogP) is 3.87. The van der Waals surface area contributed by atoms with Gasteiger partial charge in [-0.2, -0.15) is 0 Å². The van der Waals surface area contributed by atoms with Crippen LogP contribution in [0.15, 0.2) is 64.9 Å². The van der Waals surface area contributed by atoms with Gasteiger partial charge < -0.3 is 9.88 Å². The number of rotatable bonds is 4. The highest BCUT2D eigenvalue weighted by Crippen LogP contribution is 2.26. The van der Waals surface area contributed by atoms with E-state index in [0.29, 0.717) is 16.3 Å². The van der Waals surface area contributed by atoms with Gasteiger partial charge in [-0.1, -0.05) is 23.7 Å². The van der Waals surface area contributed by atoms with Gasteiger partial charge in [0.15, 0.2) is 5.16 Å². The van der Waals surface area contributed by atoms with E-state index in [4.69, 9.17) is 11.6 Å². The summed E-state index contributed by atoms with van der Waals surface area (Å²) in [5.74, 6) is -0.232. The van der Waals surface area contributed by atoms with Crippen LogP contribution in [-0.2, 0) is 7.05 Å². The van der Waals surface area contributed by atoms with Gasteiger partial charge in [0.25, 0.3) is 5.91 Å². The maximum atomic E-state index is 12.2. The van der Waals surface area contributed by atoms with Gasteiger partial charge in [0, 0.05) is 17.6 Å². The third-order valence-corrected chi connectivity index (χ3v) is 4.50. The van der Waals surface area contributed by atoms with Gasteiger partial charge in [0.05, 0.1) is 10.6 Å². The van der Waals surface area contributed by atoms with Crippen LogP contribution in [0, 0.1) is 0 Å². The fraction of sp³-hybridized carbons (Fsp3) is 0.0625. The van der Waals surface area contributed by atoms with E-state index in [1.807, 2.05) is 35.9 Å². The first-order chi connectivity index (χ1) is 11.1. The average Bonchev–Trinajstić information content (AvgIpc) is 2.95. The Kier molecular flexibility index (Phi) is 4.64. The Morgan fingerprint density at radius 2 is 1.91 bits per heavy atom. The van der Waals surface area contributed by atoms with Crippen molar-refractivity contribution >= 4 is 35.0 Å². The highest BCUT2D eigenvalue weighted by Gasteiger charge is 2.10. The van der Waals surface area contributed by atoms with Crippen molar-refractivity contribution in [3.63, 3.8) is 0 Å². The Morgan fingerprint density at radius 1 is 1.17 bits per heavy atom. The molecule has 0 aliphatic rings. The molecule has 7 heteroatoms. The molecule has 0 aliphatic heterocycles. The Bertz CT molecular complexity index is 832. The van der Waals surface area contributed by atoms with Crippen LogP contribution in [0.1, 0.15) is 10.4 Å². The summed E-state index contributed by atoms with van der Waals surface area (Å²) < 4.78 is 1.84. The summed E-state index contributed by atoms with van der Waals surface area (Å²) in [5, 5.41) is 11.9. The summed E-state index contributed by atoms with van der Waals surface area (Å²) in [6, 6.07) is 14.5. The Hall–Kier alpha value is -2.31. The fourth-order valence-electron chi connectivity index (χ4n) is 1.92. The number of nitrogens with zero attached hydrogens (tertiary/aromatic N) is 3. The van der Waals surface area contributed by atoms with Crippen molar-refractivity contribution < 1.29 is 4.79 Å². The molecule has 3 rings (SSSR count). The number of benzene rings is 2. The fourth-order valence-corrected chi connectivity index (χ4v) is 2.90. The van der Waals surface area contributed by atoms with E-state index in [9.17, 15) is 4.79 Å². The summed E-state index contributed by atoms with van der Waals surface area (Å²) in [7, 11) is 1.89. The molecule has 2 aromatic carbocycles. The third kappa shape index (κ3) is 3.72. The van der Waals surface area contributed by atoms with E-state index in [-0.39, 0.29) is 5.91 Å². The third-order valence-electron chi connectivity index (χ3n) is 3.11. The van der Waals surface area contributed by atoms with E-state index in [0.717, 1.165) is 10.1 Å². The smallest absolute Gasteiger partial charge is 0.257 e. The second-order valence-corrected chi connectivity index (χ2v) is 6.23. The van der Waals surface area contributed by atoms with E-state index >= 15 is 0 Å². The van der Waals surface area contributed by atoms with Crippen LogP contribution in [0.3, 0.4) is 0 Å². The molecule has 0 unspecified atom stereocenters. The lowest BCUT2D eigenvalue weighted by molar-refractivity contribution is 0.102. The first-order valence-corrected chi connectivity index (χ1v) is 8.01. The van der Waals surface area contributed by atoms with Gasteiger partial charge in [-0.05, 0) is 48.2 Å². The van der Waals surface area contributed by atoms with Crippen LogP contribution >= 0.6 is 23.4 Å². The number of anilines is 1. The monoisotopic (exact) mass is 344 g/mol. The van der Waals surface area contributed by atoms with E-state index < -0.39 is 0 Å². The van der Waals surface area contributed by atoms with E-state index in [1.165, 1.54) is 11.8 Å². The summed E-state index contributed by atoms with van der Waals surface area (Å²) in [6.07, 6.45) is 1.65. The lowest BCUT2D eigenvalue weighted by Crippen LogP contribution is -2.12. The van der Waals surface area contributed by atoms with Crippen molar-refractivity contribution in [3.8, 4) is 0 Å². The second kappa shape index (κ2) is 6.85. The van der Waals surface area contributed by atoms with E-state index in [1.54, 1.807) is 30.6 Å². The number of hydrogen-bond donors (Lipinski definition) is 1. The van der Waals surface area contributed by atoms with Gasteiger partial charge in [-0.25, -0.2) is 0 Å². The van der Waals surface area contributed by atoms with Crippen LogP contribution in [-0.4, -0.2) is 20.7 Å². The maximum Gasteiger partial charge on any atom is 0.257 e. The molecule has 1 amide bonds. The highest BCUT2D eigenvalue weighted by atomic mass is 35.5. The Morgan fingerprint density at radius 3 is 2.57 bits per heavy atom. The molecule has 0 saturated heterocycles. The first-order valence-electron chi connectivity index (χ1n) is 6.81. The first kappa shape index (κ1) is 15.6. The van der Waals surface area contributed by atoms with Crippen molar-refractivity contribution in [3.05, 3.63) is 65.4 Å². The molecule has 0 aliphatic carbocycles. The number of nitrogens with one attached hydrogen (secondary N) is 1. The molecule has 1 aromatic heterocycles. The molecular weight excluding hydrogens is 332 g/mol. The molecule has 1 N–H and O–H groups in total. The van der Waals surface area contributed by atoms with Gasteiger partial charge >= 0.3 is 0 Å². The topological polar surface area (TPSA) is 59.8 Å². The standard InChI is InChI=1S/C16H13ClN4OS/c1-21-10-18-20-16(21)23-12-8-6-11(7-9-12)19-15(22)13-4-2-3-5-14(13)17/h2-10H,1H3,(H,19,22). The zero-order chi connectivity index (χ0) is 16.2. The van der Waals surface area contributed by atoms with Crippen molar-refractivity contribution in [1.82, 2.24) is 14.8 Å². The number of amides is 1. The maximum absolute atomic E-state index is 12.2. The van der Waals surface area contributed by atoms with Crippen molar-refractivity contribution in [2.45, 2.75) is 10.1 Å². The van der Waals surface area contributed by atoms with Gasteiger partial charge in [0.1, 0.15) is 6.33 Å². The van der Waals surface area contributed by atoms with Crippen LogP contribution < -0.4 is 5.32 Å². The van der Waals surface area contributed by atoms with Gasteiger partial charge in [-0.3, -0.25) is 4.79 Å². The summed E-state index contributed by atoms with van der Waals surface area (Å²) in [6.45, 7) is 0. The molecule has 1 heterocycles. The largest absolute Gasteiger partial charge is 0.322 e. The molecule has 23 heavy (non-hydrogen) atoms. The van der Waals surface area contributed by atoms with Gasteiger partial charge in [0.2, 0.25) is 0 Å². The van der Waals surface area contributed by atoms with Crippen LogP contribution in [0.4, 0.5) is 5.69 Å². The quantitative estimate of drug-likeness (QED) is 0.780. The molecule has 5 nitrogen and oxygen atoms in total. The zero-order valence-electron chi connectivity index (χ0n) is 12.2. The summed E-state index contributed by atoms with van der Waals surface area (Å²) >= 11 is 7.53. The van der Waals surface area contributed by atoms with Crippen LogP contribution in [0.25, 0.3) is 0 Å². The van der Waals surface area contributed by atoms with Crippen molar-refractivity contribution in [1.29, 1.82) is 0 Å². The van der Waals surface area contributed by atoms with Gasteiger partial charge in [-0.15, -0.1) is 10.2 Å². The molecular formula is C16H13ClN4OS. The number of halogens is 1. The van der Waals surface area contributed by atoms with Crippen LogP contribution in [0.5, 0.6) is 0 Å². The normalized spacial score (nSPS) is 10.5. The molecule has 0 spiro atoms. The molecule has 0 saturated carbocycles. The lowest BCUT2D eigenvalue weighted by atomic mass is 10.2. The number of carbonyl (C=O) groups excluding carboxylic acids is 1. The molecule has 0 atom stereocenters. The number of hydrogen-bond acceptors (Lipinski definition) is 4. The average molecular weight is 345 g/mol. The SMILES string of the molecule is Cn1cnnc1Sc1ccc(NC(=O)c2ccccc2Cl)cc1. The minimum Gasteiger partial charge on any atom is -0.322 e. The van der Waals surface area contributed by atoms with Crippen molar-refractivity contribution in [2.75, 3.05) is 5.32 Å². The number of carbonyl (C=O) groups is 1. The molecule has 116 valence electrons. The summed E-state index contributed by atoms with van der Waals surface area (Å²) in [5.41, 5.74) is 1.16. The summed E-state index contributed by atoms with van der Waals surface area (Å²) in [4.78, 5) is 13.2. The lowest BCUT2D eigenvalue weighted by Gasteiger charge is -2.07. The predicted molar refractivity (Wildman–Crippen MR) is 91.0 cm³/mol. The number of aromatic nitrogens is 3.